The SMILES string of the molecule is Cc1cc(C(=O)NC(C)(C)c2noc(C(C)(C)C)n2)on1. The number of nitrogens with one attached hydrogen (secondary N) is 1. The molecule has 0 saturated heterocycles. The molecule has 7 nitrogen and oxygen atoms in total. The highest BCUT2D eigenvalue weighted by atomic mass is 16.5. The molecular weight excluding hydrogens is 272 g/mol. The summed E-state index contributed by atoms with van der Waals surface area (Å²) in [6.07, 6.45) is 0. The van der Waals surface area contributed by atoms with Crippen molar-refractivity contribution in [2.45, 2.75) is 52.5 Å². The summed E-state index contributed by atoms with van der Waals surface area (Å²) in [5.74, 6) is 0.718. The molecule has 0 saturated carbocycles. The highest BCUT2D eigenvalue weighted by Crippen LogP contribution is 2.24. The lowest BCUT2D eigenvalue weighted by molar-refractivity contribution is 0.0869. The van der Waals surface area contributed by atoms with E-state index < -0.39 is 5.54 Å². The van der Waals surface area contributed by atoms with Crippen molar-refractivity contribution in [2.75, 3.05) is 0 Å². The largest absolute Gasteiger partial charge is 0.351 e. The van der Waals surface area contributed by atoms with Crippen molar-refractivity contribution in [2.24, 2.45) is 0 Å². The van der Waals surface area contributed by atoms with E-state index in [-0.39, 0.29) is 17.1 Å². The summed E-state index contributed by atoms with van der Waals surface area (Å²) in [5.41, 5.74) is -0.384. The van der Waals surface area contributed by atoms with E-state index in [9.17, 15) is 4.79 Å². The zero-order valence-corrected chi connectivity index (χ0v) is 13.1. The minimum atomic E-state index is -0.787. The number of carbonyl (C=O) groups is 1. The molecule has 0 aliphatic carbocycles. The smallest absolute Gasteiger partial charge is 0.290 e. The molecule has 1 amide bonds. The monoisotopic (exact) mass is 292 g/mol. The lowest BCUT2D eigenvalue weighted by Crippen LogP contribution is -2.41. The Morgan fingerprint density at radius 2 is 1.81 bits per heavy atom. The van der Waals surface area contributed by atoms with Gasteiger partial charge in [-0.15, -0.1) is 0 Å². The zero-order chi connectivity index (χ0) is 15.8. The predicted octanol–water partition coefficient (Wildman–Crippen LogP) is 2.33. The Balaban J connectivity index is 2.18. The van der Waals surface area contributed by atoms with Crippen LogP contribution in [0.25, 0.3) is 0 Å². The first-order valence-electron chi connectivity index (χ1n) is 6.70. The molecule has 0 aliphatic rings. The Labute approximate surface area is 123 Å². The molecule has 0 atom stereocenters. The fourth-order valence-corrected chi connectivity index (χ4v) is 1.65. The van der Waals surface area contributed by atoms with Crippen LogP contribution in [0.15, 0.2) is 15.1 Å². The van der Waals surface area contributed by atoms with E-state index in [2.05, 4.69) is 20.6 Å². The quantitative estimate of drug-likeness (QED) is 0.933. The standard InChI is InChI=1S/C14H20N4O3/c1-8-7-9(20-17-8)10(19)16-14(5,6)11-15-12(21-18-11)13(2,3)4/h7H,1-6H3,(H,16,19). The van der Waals surface area contributed by atoms with Gasteiger partial charge in [0, 0.05) is 11.5 Å². The molecule has 0 spiro atoms. The van der Waals surface area contributed by atoms with Gasteiger partial charge >= 0.3 is 0 Å². The van der Waals surface area contributed by atoms with Crippen LogP contribution in [0.2, 0.25) is 0 Å². The molecule has 2 aromatic heterocycles. The van der Waals surface area contributed by atoms with Crippen molar-refractivity contribution < 1.29 is 13.8 Å². The maximum absolute atomic E-state index is 12.1. The van der Waals surface area contributed by atoms with E-state index in [0.717, 1.165) is 0 Å². The molecule has 2 rings (SSSR count). The summed E-state index contributed by atoms with van der Waals surface area (Å²) in [6.45, 7) is 11.3. The van der Waals surface area contributed by atoms with Gasteiger partial charge in [0.2, 0.25) is 11.7 Å². The molecule has 114 valence electrons. The second-order valence-electron chi connectivity index (χ2n) is 6.58. The van der Waals surface area contributed by atoms with Gasteiger partial charge in [0.1, 0.15) is 0 Å². The van der Waals surface area contributed by atoms with Crippen molar-refractivity contribution in [3.63, 3.8) is 0 Å². The number of hydrogen-bond acceptors (Lipinski definition) is 6. The minimum Gasteiger partial charge on any atom is -0.351 e. The molecule has 0 aromatic carbocycles. The molecule has 1 N–H and O–H groups in total. The Bertz CT molecular complexity index is 649. The molecule has 0 fully saturated rings. The number of rotatable bonds is 3. The first-order chi connectivity index (χ1) is 9.59. The third kappa shape index (κ3) is 3.29. The average molecular weight is 292 g/mol. The Kier molecular flexibility index (Phi) is 3.61. The van der Waals surface area contributed by atoms with Crippen molar-refractivity contribution in [1.29, 1.82) is 0 Å². The fourth-order valence-electron chi connectivity index (χ4n) is 1.65. The number of nitrogens with zero attached hydrogens (tertiary/aromatic N) is 3. The molecule has 0 radical (unpaired) electrons. The summed E-state index contributed by atoms with van der Waals surface area (Å²) in [4.78, 5) is 16.5. The number of carbonyl (C=O) groups excluding carboxylic acids is 1. The summed E-state index contributed by atoms with van der Waals surface area (Å²) in [5, 5.41) is 10.5. The number of hydrogen-bond donors (Lipinski definition) is 1. The van der Waals surface area contributed by atoms with Crippen LogP contribution in [0.3, 0.4) is 0 Å². The highest BCUT2D eigenvalue weighted by molar-refractivity contribution is 5.91. The normalized spacial score (nSPS) is 12.5. The minimum absolute atomic E-state index is 0.153. The van der Waals surface area contributed by atoms with Crippen molar-refractivity contribution in [1.82, 2.24) is 20.6 Å². The van der Waals surface area contributed by atoms with Crippen LogP contribution in [0.5, 0.6) is 0 Å². The molecule has 2 aromatic rings. The maximum Gasteiger partial charge on any atom is 0.290 e. The Morgan fingerprint density at radius 3 is 2.29 bits per heavy atom. The van der Waals surface area contributed by atoms with Crippen molar-refractivity contribution >= 4 is 5.91 Å². The lowest BCUT2D eigenvalue weighted by Gasteiger charge is -2.21. The Hall–Kier alpha value is -2.18. The van der Waals surface area contributed by atoms with Gasteiger partial charge in [0.05, 0.1) is 11.2 Å². The van der Waals surface area contributed by atoms with Gasteiger partial charge in [0.15, 0.2) is 5.82 Å². The summed E-state index contributed by atoms with van der Waals surface area (Å²) in [7, 11) is 0. The van der Waals surface area contributed by atoms with Crippen LogP contribution in [-0.4, -0.2) is 21.2 Å². The molecule has 21 heavy (non-hydrogen) atoms. The first kappa shape index (κ1) is 15.2. The van der Waals surface area contributed by atoms with Crippen LogP contribution >= 0.6 is 0 Å². The van der Waals surface area contributed by atoms with Crippen LogP contribution < -0.4 is 5.32 Å². The molecule has 2 heterocycles. The zero-order valence-electron chi connectivity index (χ0n) is 13.1. The van der Waals surface area contributed by atoms with Gasteiger partial charge in [0.25, 0.3) is 5.91 Å². The average Bonchev–Trinajstić information content (AvgIpc) is 2.95. The maximum atomic E-state index is 12.1. The fraction of sp³-hybridized carbons (Fsp3) is 0.571. The molecular formula is C14H20N4O3. The van der Waals surface area contributed by atoms with E-state index >= 15 is 0 Å². The lowest BCUT2D eigenvalue weighted by atomic mass is 9.97. The van der Waals surface area contributed by atoms with Gasteiger partial charge in [-0.1, -0.05) is 31.1 Å². The highest BCUT2D eigenvalue weighted by Gasteiger charge is 2.32. The topological polar surface area (TPSA) is 94.1 Å². The van der Waals surface area contributed by atoms with Gasteiger partial charge in [-0.2, -0.15) is 4.98 Å². The van der Waals surface area contributed by atoms with E-state index in [1.54, 1.807) is 26.8 Å². The predicted molar refractivity (Wildman–Crippen MR) is 74.7 cm³/mol. The number of amides is 1. The number of aryl methyl sites for hydroxylation is 1. The van der Waals surface area contributed by atoms with Crippen molar-refractivity contribution in [3.05, 3.63) is 29.2 Å². The summed E-state index contributed by atoms with van der Waals surface area (Å²) in [6, 6.07) is 1.57. The van der Waals surface area contributed by atoms with Crippen molar-refractivity contribution in [3.8, 4) is 0 Å². The second-order valence-corrected chi connectivity index (χ2v) is 6.58. The van der Waals surface area contributed by atoms with E-state index in [4.69, 9.17) is 9.05 Å². The molecule has 0 bridgehead atoms. The second kappa shape index (κ2) is 4.98. The van der Waals surface area contributed by atoms with Gasteiger partial charge in [-0.3, -0.25) is 4.79 Å². The van der Waals surface area contributed by atoms with Crippen LogP contribution in [0.4, 0.5) is 0 Å². The van der Waals surface area contributed by atoms with E-state index in [0.29, 0.717) is 17.4 Å². The van der Waals surface area contributed by atoms with Gasteiger partial charge in [-0.05, 0) is 20.8 Å². The van der Waals surface area contributed by atoms with E-state index in [1.165, 1.54) is 0 Å². The van der Waals surface area contributed by atoms with E-state index in [1.807, 2.05) is 20.8 Å². The van der Waals surface area contributed by atoms with Crippen LogP contribution in [0, 0.1) is 6.92 Å². The molecule has 7 heteroatoms. The van der Waals surface area contributed by atoms with Crippen LogP contribution in [-0.2, 0) is 11.0 Å². The molecule has 0 unspecified atom stereocenters. The first-order valence-corrected chi connectivity index (χ1v) is 6.70. The summed E-state index contributed by atoms with van der Waals surface area (Å²) < 4.78 is 10.2. The van der Waals surface area contributed by atoms with Gasteiger partial charge in [-0.25, -0.2) is 0 Å². The van der Waals surface area contributed by atoms with Gasteiger partial charge < -0.3 is 14.4 Å². The van der Waals surface area contributed by atoms with Crippen LogP contribution in [0.1, 0.15) is 62.6 Å². The third-order valence-corrected chi connectivity index (χ3v) is 2.90. The third-order valence-electron chi connectivity index (χ3n) is 2.90. The summed E-state index contributed by atoms with van der Waals surface area (Å²) >= 11 is 0. The number of aromatic nitrogens is 3. The Morgan fingerprint density at radius 1 is 1.14 bits per heavy atom. The molecule has 0 aliphatic heterocycles.